The fourth-order valence-electron chi connectivity index (χ4n) is 3.28. The zero-order chi connectivity index (χ0) is 19.0. The molecule has 1 atom stereocenters. The van der Waals surface area contributed by atoms with E-state index in [1.165, 1.54) is 5.56 Å². The lowest BCUT2D eigenvalue weighted by Crippen LogP contribution is -2.32. The normalized spacial score (nSPS) is 12.4. The van der Waals surface area contributed by atoms with E-state index < -0.39 is 0 Å². The number of aromatic nitrogens is 2. The maximum Gasteiger partial charge on any atom is 0.270 e. The summed E-state index contributed by atoms with van der Waals surface area (Å²) in [5.74, 6) is -0.134. The molecule has 0 saturated carbocycles. The van der Waals surface area contributed by atoms with Crippen molar-refractivity contribution < 1.29 is 4.79 Å². The maximum absolute atomic E-state index is 12.8. The molecule has 1 amide bonds. The summed E-state index contributed by atoms with van der Waals surface area (Å²) in [4.78, 5) is 21.0. The number of rotatable bonds is 4. The third-order valence-corrected chi connectivity index (χ3v) is 5.04. The van der Waals surface area contributed by atoms with E-state index in [4.69, 9.17) is 4.98 Å². The first kappa shape index (κ1) is 17.3. The quantitative estimate of drug-likeness (QED) is 0.526. The Balaban J connectivity index is 1.96. The minimum atomic E-state index is -0.134. The van der Waals surface area contributed by atoms with E-state index in [1.807, 2.05) is 31.2 Å². The molecule has 0 bridgehead atoms. The SMILES string of the molecule is CC[C@H](C)NC(=O)c1cc2c([nH]c3ccccc32)c(-c2ccc(C)cc2)n1. The molecule has 2 N–H and O–H groups in total. The lowest BCUT2D eigenvalue weighted by molar-refractivity contribution is 0.0934. The Morgan fingerprint density at radius 3 is 2.59 bits per heavy atom. The topological polar surface area (TPSA) is 57.8 Å². The van der Waals surface area contributed by atoms with Crippen molar-refractivity contribution in [2.75, 3.05) is 0 Å². The molecule has 136 valence electrons. The van der Waals surface area contributed by atoms with E-state index in [-0.39, 0.29) is 11.9 Å². The Bertz CT molecular complexity index is 1130. The van der Waals surface area contributed by atoms with Crippen LogP contribution in [-0.4, -0.2) is 21.9 Å². The Labute approximate surface area is 158 Å². The summed E-state index contributed by atoms with van der Waals surface area (Å²) in [5, 5.41) is 5.14. The summed E-state index contributed by atoms with van der Waals surface area (Å²) in [6.07, 6.45) is 0.881. The van der Waals surface area contributed by atoms with Crippen LogP contribution in [0.15, 0.2) is 54.6 Å². The van der Waals surface area contributed by atoms with E-state index in [0.29, 0.717) is 5.69 Å². The standard InChI is InChI=1S/C23H23N3O/c1-4-15(3)24-23(27)20-13-18-17-7-5-6-8-19(17)25-22(18)21(26-20)16-11-9-14(2)10-12-16/h5-13,15,25H,4H2,1-3H3,(H,24,27)/t15-/m0/s1. The number of pyridine rings is 1. The average molecular weight is 357 g/mol. The number of fused-ring (bicyclic) bond motifs is 3. The molecule has 4 aromatic rings. The predicted molar refractivity (Wildman–Crippen MR) is 111 cm³/mol. The molecular formula is C23H23N3O. The van der Waals surface area contributed by atoms with E-state index in [9.17, 15) is 4.79 Å². The van der Waals surface area contributed by atoms with Gasteiger partial charge in [-0.25, -0.2) is 4.98 Å². The van der Waals surface area contributed by atoms with Gasteiger partial charge in [0.25, 0.3) is 5.91 Å². The van der Waals surface area contributed by atoms with E-state index >= 15 is 0 Å². The van der Waals surface area contributed by atoms with Crippen molar-refractivity contribution >= 4 is 27.7 Å². The number of aromatic amines is 1. The van der Waals surface area contributed by atoms with Crippen LogP contribution < -0.4 is 5.32 Å². The highest BCUT2D eigenvalue weighted by molar-refractivity contribution is 6.13. The summed E-state index contributed by atoms with van der Waals surface area (Å²) in [6.45, 7) is 6.12. The number of carbonyl (C=O) groups excluding carboxylic acids is 1. The zero-order valence-electron chi connectivity index (χ0n) is 15.8. The first-order valence-electron chi connectivity index (χ1n) is 9.36. The molecule has 0 aliphatic rings. The van der Waals surface area contributed by atoms with Crippen LogP contribution in [-0.2, 0) is 0 Å². The van der Waals surface area contributed by atoms with Crippen molar-refractivity contribution in [2.24, 2.45) is 0 Å². The molecule has 0 aliphatic carbocycles. The highest BCUT2D eigenvalue weighted by atomic mass is 16.1. The van der Waals surface area contributed by atoms with Crippen LogP contribution >= 0.6 is 0 Å². The van der Waals surface area contributed by atoms with Crippen LogP contribution in [0.25, 0.3) is 33.1 Å². The van der Waals surface area contributed by atoms with Crippen LogP contribution in [0.1, 0.15) is 36.3 Å². The summed E-state index contributed by atoms with van der Waals surface area (Å²) in [5.41, 5.74) is 5.44. The molecule has 2 aromatic heterocycles. The monoisotopic (exact) mass is 357 g/mol. The number of hydrogen-bond donors (Lipinski definition) is 2. The molecule has 2 heterocycles. The van der Waals surface area contributed by atoms with E-state index in [0.717, 1.165) is 39.5 Å². The van der Waals surface area contributed by atoms with Crippen LogP contribution in [0.2, 0.25) is 0 Å². The van der Waals surface area contributed by atoms with Gasteiger partial charge < -0.3 is 10.3 Å². The van der Waals surface area contributed by atoms with Crippen molar-refractivity contribution in [1.82, 2.24) is 15.3 Å². The second kappa shape index (κ2) is 6.88. The number of nitrogens with zero attached hydrogens (tertiary/aromatic N) is 1. The van der Waals surface area contributed by atoms with Gasteiger partial charge in [0.2, 0.25) is 0 Å². The molecule has 27 heavy (non-hydrogen) atoms. The highest BCUT2D eigenvalue weighted by Crippen LogP contribution is 2.32. The van der Waals surface area contributed by atoms with Crippen molar-refractivity contribution in [3.8, 4) is 11.3 Å². The van der Waals surface area contributed by atoms with Crippen molar-refractivity contribution in [1.29, 1.82) is 0 Å². The van der Waals surface area contributed by atoms with Gasteiger partial charge in [0.05, 0.1) is 11.2 Å². The van der Waals surface area contributed by atoms with Gasteiger partial charge in [-0.1, -0.05) is 55.0 Å². The van der Waals surface area contributed by atoms with Crippen LogP contribution in [0.3, 0.4) is 0 Å². The van der Waals surface area contributed by atoms with Gasteiger partial charge >= 0.3 is 0 Å². The van der Waals surface area contributed by atoms with Crippen LogP contribution in [0.5, 0.6) is 0 Å². The highest BCUT2D eigenvalue weighted by Gasteiger charge is 2.17. The number of aryl methyl sites for hydroxylation is 1. The van der Waals surface area contributed by atoms with E-state index in [1.54, 1.807) is 0 Å². The molecule has 4 heteroatoms. The Morgan fingerprint density at radius 1 is 1.11 bits per heavy atom. The maximum atomic E-state index is 12.8. The minimum Gasteiger partial charge on any atom is -0.353 e. The summed E-state index contributed by atoms with van der Waals surface area (Å²) >= 11 is 0. The average Bonchev–Trinajstić information content (AvgIpc) is 3.06. The predicted octanol–water partition coefficient (Wildman–Crippen LogP) is 5.22. The summed E-state index contributed by atoms with van der Waals surface area (Å²) in [6, 6.07) is 18.4. The molecular weight excluding hydrogens is 334 g/mol. The third-order valence-electron chi connectivity index (χ3n) is 5.04. The number of benzene rings is 2. The molecule has 0 spiro atoms. The molecule has 0 fully saturated rings. The fraction of sp³-hybridized carbons (Fsp3) is 0.217. The Kier molecular flexibility index (Phi) is 4.40. The molecule has 4 nitrogen and oxygen atoms in total. The Hall–Kier alpha value is -3.14. The number of para-hydroxylation sites is 1. The second-order valence-corrected chi connectivity index (χ2v) is 7.10. The zero-order valence-corrected chi connectivity index (χ0v) is 15.8. The van der Waals surface area contributed by atoms with Crippen molar-refractivity contribution in [3.63, 3.8) is 0 Å². The summed E-state index contributed by atoms with van der Waals surface area (Å²) < 4.78 is 0. The second-order valence-electron chi connectivity index (χ2n) is 7.10. The van der Waals surface area contributed by atoms with Gasteiger partial charge in [0, 0.05) is 27.9 Å². The van der Waals surface area contributed by atoms with E-state index in [2.05, 4.69) is 54.5 Å². The summed E-state index contributed by atoms with van der Waals surface area (Å²) in [7, 11) is 0. The van der Waals surface area contributed by atoms with Gasteiger partial charge in [-0.3, -0.25) is 4.79 Å². The molecule has 2 aromatic carbocycles. The Morgan fingerprint density at radius 2 is 1.85 bits per heavy atom. The smallest absolute Gasteiger partial charge is 0.270 e. The van der Waals surface area contributed by atoms with Crippen LogP contribution in [0, 0.1) is 6.92 Å². The lowest BCUT2D eigenvalue weighted by Gasteiger charge is -2.12. The largest absolute Gasteiger partial charge is 0.353 e. The molecule has 4 rings (SSSR count). The number of nitrogens with one attached hydrogen (secondary N) is 2. The third kappa shape index (κ3) is 3.19. The number of carbonyl (C=O) groups is 1. The van der Waals surface area contributed by atoms with Crippen molar-refractivity contribution in [3.05, 3.63) is 65.9 Å². The number of amides is 1. The van der Waals surface area contributed by atoms with Gasteiger partial charge in [-0.15, -0.1) is 0 Å². The molecule has 0 saturated heterocycles. The fourth-order valence-corrected chi connectivity index (χ4v) is 3.28. The minimum absolute atomic E-state index is 0.112. The number of H-pyrrole nitrogens is 1. The van der Waals surface area contributed by atoms with Gasteiger partial charge in [0.1, 0.15) is 5.69 Å². The van der Waals surface area contributed by atoms with Crippen LogP contribution in [0.4, 0.5) is 0 Å². The van der Waals surface area contributed by atoms with Gasteiger partial charge in [-0.2, -0.15) is 0 Å². The molecule has 0 unspecified atom stereocenters. The molecule has 0 radical (unpaired) electrons. The lowest BCUT2D eigenvalue weighted by atomic mass is 10.0. The number of hydrogen-bond acceptors (Lipinski definition) is 2. The van der Waals surface area contributed by atoms with Gasteiger partial charge in [-0.05, 0) is 32.4 Å². The van der Waals surface area contributed by atoms with Crippen molar-refractivity contribution in [2.45, 2.75) is 33.2 Å². The van der Waals surface area contributed by atoms with Gasteiger partial charge in [0.15, 0.2) is 0 Å². The molecule has 0 aliphatic heterocycles. The first-order chi connectivity index (χ1) is 13.1. The first-order valence-corrected chi connectivity index (χ1v) is 9.36.